The van der Waals surface area contributed by atoms with Gasteiger partial charge in [0.05, 0.1) is 0 Å². The van der Waals surface area contributed by atoms with E-state index in [0.29, 0.717) is 6.54 Å². The standard InChI is InChI=1S/C13H15F2N3O/c1-7(2)6-18-11(12(16)17-13(18)19)9-4-3-8(14)5-10(9)15/h3-5,7,11H,6H2,1-2H3,(H2,16,17,19). The van der Waals surface area contributed by atoms with Crippen molar-refractivity contribution in [1.29, 1.82) is 0 Å². The monoisotopic (exact) mass is 267 g/mol. The molecule has 0 bridgehead atoms. The van der Waals surface area contributed by atoms with Crippen LogP contribution in [-0.4, -0.2) is 23.3 Å². The molecule has 1 aliphatic rings. The zero-order chi connectivity index (χ0) is 14.2. The van der Waals surface area contributed by atoms with E-state index in [1.807, 2.05) is 13.8 Å². The Balaban J connectivity index is 2.39. The van der Waals surface area contributed by atoms with Crippen LogP contribution in [0.3, 0.4) is 0 Å². The normalized spacial score (nSPS) is 19.2. The Morgan fingerprint density at radius 2 is 2.11 bits per heavy atom. The molecule has 0 radical (unpaired) electrons. The van der Waals surface area contributed by atoms with Crippen LogP contribution in [0.5, 0.6) is 0 Å². The first-order valence-corrected chi connectivity index (χ1v) is 5.99. The molecule has 19 heavy (non-hydrogen) atoms. The number of nitrogens with zero attached hydrogens (tertiary/aromatic N) is 2. The van der Waals surface area contributed by atoms with Crippen LogP contribution in [-0.2, 0) is 0 Å². The van der Waals surface area contributed by atoms with Gasteiger partial charge < -0.3 is 10.6 Å². The van der Waals surface area contributed by atoms with E-state index in [0.717, 1.165) is 12.1 Å². The second-order valence-electron chi connectivity index (χ2n) is 4.93. The topological polar surface area (TPSA) is 58.7 Å². The molecule has 1 atom stereocenters. The number of carbonyl (C=O) groups excluding carboxylic acids is 1. The molecule has 1 aromatic carbocycles. The molecule has 0 spiro atoms. The average molecular weight is 267 g/mol. The number of halogens is 2. The van der Waals surface area contributed by atoms with Gasteiger partial charge in [-0.15, -0.1) is 0 Å². The molecule has 0 saturated heterocycles. The summed E-state index contributed by atoms with van der Waals surface area (Å²) in [5.41, 5.74) is 5.86. The maximum absolute atomic E-state index is 13.8. The minimum Gasteiger partial charge on any atom is -0.385 e. The highest BCUT2D eigenvalue weighted by molar-refractivity contribution is 6.03. The summed E-state index contributed by atoms with van der Waals surface area (Å²) in [6.07, 6.45) is 0. The number of amidine groups is 1. The van der Waals surface area contributed by atoms with Crippen molar-refractivity contribution < 1.29 is 13.6 Å². The van der Waals surface area contributed by atoms with Crippen LogP contribution < -0.4 is 5.73 Å². The van der Waals surface area contributed by atoms with E-state index in [-0.39, 0.29) is 17.3 Å². The smallest absolute Gasteiger partial charge is 0.346 e. The number of hydrogen-bond donors (Lipinski definition) is 1. The highest BCUT2D eigenvalue weighted by Gasteiger charge is 2.36. The molecule has 0 aliphatic carbocycles. The molecule has 4 nitrogen and oxygen atoms in total. The summed E-state index contributed by atoms with van der Waals surface area (Å²) in [5.74, 6) is -1.17. The van der Waals surface area contributed by atoms with Gasteiger partial charge in [-0.2, -0.15) is 4.99 Å². The van der Waals surface area contributed by atoms with Gasteiger partial charge >= 0.3 is 6.03 Å². The van der Waals surface area contributed by atoms with Crippen molar-refractivity contribution in [3.05, 3.63) is 35.4 Å². The van der Waals surface area contributed by atoms with Gasteiger partial charge in [0.1, 0.15) is 23.5 Å². The molecule has 6 heteroatoms. The Morgan fingerprint density at radius 1 is 1.42 bits per heavy atom. The van der Waals surface area contributed by atoms with E-state index in [1.165, 1.54) is 11.0 Å². The molecule has 1 unspecified atom stereocenters. The molecule has 1 aliphatic heterocycles. The van der Waals surface area contributed by atoms with Crippen molar-refractivity contribution in [2.45, 2.75) is 19.9 Å². The van der Waals surface area contributed by atoms with Gasteiger partial charge in [-0.05, 0) is 12.0 Å². The highest BCUT2D eigenvalue weighted by atomic mass is 19.1. The van der Waals surface area contributed by atoms with Crippen LogP contribution in [0, 0.1) is 17.6 Å². The van der Waals surface area contributed by atoms with Crippen LogP contribution in [0.4, 0.5) is 13.6 Å². The van der Waals surface area contributed by atoms with Crippen LogP contribution >= 0.6 is 0 Å². The van der Waals surface area contributed by atoms with Crippen LogP contribution in [0.2, 0.25) is 0 Å². The third kappa shape index (κ3) is 2.57. The molecule has 2 N–H and O–H groups in total. The molecule has 0 fully saturated rings. The van der Waals surface area contributed by atoms with E-state index in [2.05, 4.69) is 4.99 Å². The lowest BCUT2D eigenvalue weighted by molar-refractivity contribution is 0.198. The molecule has 1 aromatic rings. The number of urea groups is 1. The lowest BCUT2D eigenvalue weighted by atomic mass is 10.0. The molecule has 102 valence electrons. The summed E-state index contributed by atoms with van der Waals surface area (Å²) < 4.78 is 26.8. The van der Waals surface area contributed by atoms with Gasteiger partial charge in [-0.3, -0.25) is 0 Å². The van der Waals surface area contributed by atoms with Crippen molar-refractivity contribution in [2.75, 3.05) is 6.54 Å². The minimum atomic E-state index is -0.754. The summed E-state index contributed by atoms with van der Waals surface area (Å²) in [6.45, 7) is 4.27. The summed E-state index contributed by atoms with van der Waals surface area (Å²) in [4.78, 5) is 16.8. The fourth-order valence-electron chi connectivity index (χ4n) is 2.13. The van der Waals surface area contributed by atoms with Crippen molar-refractivity contribution >= 4 is 11.9 Å². The SMILES string of the molecule is CC(C)CN1C(=O)N=C(N)C1c1ccc(F)cc1F. The van der Waals surface area contributed by atoms with Crippen molar-refractivity contribution in [1.82, 2.24) is 4.90 Å². The molecule has 0 saturated carbocycles. The van der Waals surface area contributed by atoms with E-state index in [4.69, 9.17) is 5.73 Å². The molecular weight excluding hydrogens is 252 g/mol. The third-order valence-electron chi connectivity index (χ3n) is 2.88. The number of nitrogens with two attached hydrogens (primary N) is 1. The Morgan fingerprint density at radius 3 is 2.68 bits per heavy atom. The van der Waals surface area contributed by atoms with Gasteiger partial charge in [0.2, 0.25) is 0 Å². The van der Waals surface area contributed by atoms with E-state index in [9.17, 15) is 13.6 Å². The van der Waals surface area contributed by atoms with Crippen molar-refractivity contribution in [3.63, 3.8) is 0 Å². The van der Waals surface area contributed by atoms with Crippen molar-refractivity contribution in [3.8, 4) is 0 Å². The molecule has 2 rings (SSSR count). The first-order valence-electron chi connectivity index (χ1n) is 5.99. The van der Waals surface area contributed by atoms with Crippen LogP contribution in [0.25, 0.3) is 0 Å². The molecule has 0 aromatic heterocycles. The second kappa shape index (κ2) is 4.95. The Bertz CT molecular complexity index is 543. The third-order valence-corrected chi connectivity index (χ3v) is 2.88. The maximum atomic E-state index is 13.8. The number of rotatable bonds is 3. The molecule has 1 heterocycles. The zero-order valence-corrected chi connectivity index (χ0v) is 10.7. The molecule has 2 amide bonds. The Hall–Kier alpha value is -1.98. The lowest BCUT2D eigenvalue weighted by Crippen LogP contribution is -2.36. The van der Waals surface area contributed by atoms with Gasteiger partial charge in [0.25, 0.3) is 0 Å². The first kappa shape index (κ1) is 13.5. The van der Waals surface area contributed by atoms with Crippen molar-refractivity contribution in [2.24, 2.45) is 16.6 Å². The van der Waals surface area contributed by atoms with Gasteiger partial charge in [0, 0.05) is 18.2 Å². The van der Waals surface area contributed by atoms with Crippen LogP contribution in [0.15, 0.2) is 23.2 Å². The van der Waals surface area contributed by atoms with Gasteiger partial charge in [0.15, 0.2) is 0 Å². The number of hydrogen-bond acceptors (Lipinski definition) is 2. The number of aliphatic imine (C=N–C) groups is 1. The first-order chi connectivity index (χ1) is 8.90. The largest absolute Gasteiger partial charge is 0.385 e. The van der Waals surface area contributed by atoms with E-state index in [1.54, 1.807) is 0 Å². The maximum Gasteiger partial charge on any atom is 0.346 e. The number of carbonyl (C=O) groups is 1. The van der Waals surface area contributed by atoms with E-state index >= 15 is 0 Å². The van der Waals surface area contributed by atoms with Gasteiger partial charge in [-0.25, -0.2) is 13.6 Å². The average Bonchev–Trinajstić information content (AvgIpc) is 2.54. The Kier molecular flexibility index (Phi) is 3.50. The summed E-state index contributed by atoms with van der Waals surface area (Å²) in [6, 6.07) is 1.97. The predicted molar refractivity (Wildman–Crippen MR) is 67.7 cm³/mol. The van der Waals surface area contributed by atoms with E-state index < -0.39 is 23.7 Å². The summed E-state index contributed by atoms with van der Waals surface area (Å²) in [7, 11) is 0. The summed E-state index contributed by atoms with van der Waals surface area (Å²) in [5, 5.41) is 0. The predicted octanol–water partition coefficient (Wildman–Crippen LogP) is 2.45. The number of benzene rings is 1. The zero-order valence-electron chi connectivity index (χ0n) is 10.7. The quantitative estimate of drug-likeness (QED) is 0.914. The highest BCUT2D eigenvalue weighted by Crippen LogP contribution is 2.29. The Labute approximate surface area is 109 Å². The second-order valence-corrected chi connectivity index (χ2v) is 4.93. The number of amides is 2. The van der Waals surface area contributed by atoms with Crippen LogP contribution in [0.1, 0.15) is 25.5 Å². The molecular formula is C13H15F2N3O. The lowest BCUT2D eigenvalue weighted by Gasteiger charge is -2.26. The van der Waals surface area contributed by atoms with Gasteiger partial charge in [-0.1, -0.05) is 19.9 Å². The minimum absolute atomic E-state index is 0.0381. The summed E-state index contributed by atoms with van der Waals surface area (Å²) >= 11 is 0. The fraction of sp³-hybridized carbons (Fsp3) is 0.385. The fourth-order valence-corrected chi connectivity index (χ4v) is 2.13.